The summed E-state index contributed by atoms with van der Waals surface area (Å²) in [7, 11) is 0. The number of thioether (sulfide) groups is 1. The fraction of sp³-hybridized carbons (Fsp3) is 0.118. The molecule has 0 atom stereocenters. The fourth-order valence-electron chi connectivity index (χ4n) is 2.03. The van der Waals surface area contributed by atoms with Gasteiger partial charge >= 0.3 is 0 Å². The van der Waals surface area contributed by atoms with Crippen molar-refractivity contribution in [3.05, 3.63) is 66.1 Å². The first-order chi connectivity index (χ1) is 12.7. The van der Waals surface area contributed by atoms with Crippen molar-refractivity contribution in [3.63, 3.8) is 0 Å². The first-order valence-corrected chi connectivity index (χ1v) is 8.92. The molecule has 2 aromatic heterocycles. The Hall–Kier alpha value is -3.07. The van der Waals surface area contributed by atoms with Gasteiger partial charge in [-0.05, 0) is 30.0 Å². The van der Waals surface area contributed by atoms with Gasteiger partial charge in [0.1, 0.15) is 0 Å². The summed E-state index contributed by atoms with van der Waals surface area (Å²) in [5.41, 5.74) is 4.77. The maximum absolute atomic E-state index is 12.8. The SMILES string of the molecule is CSc1ccnc(/C=N/Nc2cccc(CNc3ncc(F)cn3)c2)n1. The van der Waals surface area contributed by atoms with Gasteiger partial charge in [0.05, 0.1) is 29.3 Å². The molecule has 2 N–H and O–H groups in total. The molecule has 9 heteroatoms. The second-order valence-electron chi connectivity index (χ2n) is 5.11. The molecule has 0 fully saturated rings. The Morgan fingerprint density at radius 3 is 2.85 bits per heavy atom. The van der Waals surface area contributed by atoms with Crippen LogP contribution in [-0.4, -0.2) is 32.4 Å². The number of nitrogens with zero attached hydrogens (tertiary/aromatic N) is 5. The quantitative estimate of drug-likeness (QED) is 0.286. The Morgan fingerprint density at radius 1 is 1.19 bits per heavy atom. The maximum Gasteiger partial charge on any atom is 0.223 e. The minimum Gasteiger partial charge on any atom is -0.350 e. The van der Waals surface area contributed by atoms with E-state index >= 15 is 0 Å². The van der Waals surface area contributed by atoms with Crippen LogP contribution in [0.5, 0.6) is 0 Å². The van der Waals surface area contributed by atoms with Gasteiger partial charge in [0.15, 0.2) is 11.6 Å². The topological polar surface area (TPSA) is 88.0 Å². The second-order valence-corrected chi connectivity index (χ2v) is 5.93. The normalized spacial score (nSPS) is 10.8. The van der Waals surface area contributed by atoms with E-state index in [4.69, 9.17) is 0 Å². The molecule has 1 aromatic carbocycles. The van der Waals surface area contributed by atoms with Crippen LogP contribution in [0, 0.1) is 5.82 Å². The number of anilines is 2. The van der Waals surface area contributed by atoms with Crippen molar-refractivity contribution in [3.8, 4) is 0 Å². The van der Waals surface area contributed by atoms with E-state index < -0.39 is 5.82 Å². The van der Waals surface area contributed by atoms with Crippen molar-refractivity contribution < 1.29 is 4.39 Å². The summed E-state index contributed by atoms with van der Waals surface area (Å²) < 4.78 is 12.8. The van der Waals surface area contributed by atoms with Crippen LogP contribution in [0.4, 0.5) is 16.0 Å². The molecule has 3 aromatic rings. The van der Waals surface area contributed by atoms with Crippen molar-refractivity contribution >= 4 is 29.6 Å². The van der Waals surface area contributed by atoms with Crippen molar-refractivity contribution in [2.45, 2.75) is 11.6 Å². The number of hydrogen-bond donors (Lipinski definition) is 2. The van der Waals surface area contributed by atoms with E-state index in [0.29, 0.717) is 18.3 Å². The molecular weight excluding hydrogens is 353 g/mol. The van der Waals surface area contributed by atoms with Crippen LogP contribution >= 0.6 is 11.8 Å². The zero-order valence-electron chi connectivity index (χ0n) is 13.9. The molecule has 0 radical (unpaired) electrons. The lowest BCUT2D eigenvalue weighted by atomic mass is 10.2. The van der Waals surface area contributed by atoms with E-state index in [1.54, 1.807) is 24.2 Å². The summed E-state index contributed by atoms with van der Waals surface area (Å²) >= 11 is 1.55. The lowest BCUT2D eigenvalue weighted by Crippen LogP contribution is -2.04. The molecule has 0 unspecified atom stereocenters. The number of aromatic nitrogens is 4. The van der Waals surface area contributed by atoms with E-state index in [-0.39, 0.29) is 0 Å². The average Bonchev–Trinajstić information content (AvgIpc) is 2.68. The van der Waals surface area contributed by atoms with Crippen molar-refractivity contribution in [2.24, 2.45) is 5.10 Å². The Balaban J connectivity index is 1.58. The summed E-state index contributed by atoms with van der Waals surface area (Å²) in [5, 5.41) is 8.08. The van der Waals surface area contributed by atoms with Gasteiger partial charge in [-0.25, -0.2) is 24.3 Å². The molecule has 0 bridgehead atoms. The Labute approximate surface area is 154 Å². The molecule has 0 spiro atoms. The summed E-state index contributed by atoms with van der Waals surface area (Å²) in [6.45, 7) is 0.504. The first-order valence-electron chi connectivity index (χ1n) is 7.69. The van der Waals surface area contributed by atoms with Gasteiger partial charge in [0.2, 0.25) is 5.95 Å². The highest BCUT2D eigenvalue weighted by atomic mass is 32.2. The highest BCUT2D eigenvalue weighted by Crippen LogP contribution is 2.12. The van der Waals surface area contributed by atoms with Crippen molar-refractivity contribution in [1.82, 2.24) is 19.9 Å². The van der Waals surface area contributed by atoms with Crippen LogP contribution in [-0.2, 0) is 6.54 Å². The molecule has 7 nitrogen and oxygen atoms in total. The van der Waals surface area contributed by atoms with E-state index in [9.17, 15) is 4.39 Å². The van der Waals surface area contributed by atoms with Gasteiger partial charge in [0, 0.05) is 12.7 Å². The van der Waals surface area contributed by atoms with Gasteiger partial charge in [-0.3, -0.25) is 5.43 Å². The third kappa shape index (κ3) is 5.21. The zero-order valence-corrected chi connectivity index (χ0v) is 14.7. The summed E-state index contributed by atoms with van der Waals surface area (Å²) in [6.07, 6.45) is 7.46. The van der Waals surface area contributed by atoms with Gasteiger partial charge < -0.3 is 5.32 Å². The van der Waals surface area contributed by atoms with Crippen LogP contribution in [0.2, 0.25) is 0 Å². The lowest BCUT2D eigenvalue weighted by Gasteiger charge is -2.06. The van der Waals surface area contributed by atoms with Crippen LogP contribution in [0.25, 0.3) is 0 Å². The molecule has 132 valence electrons. The molecule has 2 heterocycles. The summed E-state index contributed by atoms with van der Waals surface area (Å²) in [5.74, 6) is 0.441. The molecule has 0 amide bonds. The highest BCUT2D eigenvalue weighted by Gasteiger charge is 1.99. The fourth-order valence-corrected chi connectivity index (χ4v) is 2.41. The molecule has 0 saturated heterocycles. The summed E-state index contributed by atoms with van der Waals surface area (Å²) in [4.78, 5) is 16.2. The number of rotatable bonds is 7. The number of hydrazone groups is 1. The molecule has 0 saturated carbocycles. The molecule has 3 rings (SSSR count). The first kappa shape index (κ1) is 17.7. The molecular formula is C17H16FN7S. The predicted molar refractivity (Wildman–Crippen MR) is 101 cm³/mol. The van der Waals surface area contributed by atoms with Crippen molar-refractivity contribution in [1.29, 1.82) is 0 Å². The largest absolute Gasteiger partial charge is 0.350 e. The zero-order chi connectivity index (χ0) is 18.2. The second kappa shape index (κ2) is 8.86. The van der Waals surface area contributed by atoms with Crippen molar-refractivity contribution in [2.75, 3.05) is 17.0 Å². The monoisotopic (exact) mass is 369 g/mol. The van der Waals surface area contributed by atoms with E-state index in [0.717, 1.165) is 28.7 Å². The molecule has 0 aliphatic carbocycles. The van der Waals surface area contributed by atoms with Crippen LogP contribution < -0.4 is 10.7 Å². The Morgan fingerprint density at radius 2 is 2.04 bits per heavy atom. The molecule has 0 aliphatic heterocycles. The van der Waals surface area contributed by atoms with Crippen LogP contribution in [0.1, 0.15) is 11.4 Å². The average molecular weight is 369 g/mol. The smallest absolute Gasteiger partial charge is 0.223 e. The van der Waals surface area contributed by atoms with Gasteiger partial charge in [-0.15, -0.1) is 11.8 Å². The number of benzene rings is 1. The maximum atomic E-state index is 12.8. The summed E-state index contributed by atoms with van der Waals surface area (Å²) in [6, 6.07) is 9.54. The van der Waals surface area contributed by atoms with Crippen LogP contribution in [0.15, 0.2) is 59.0 Å². The number of hydrogen-bond acceptors (Lipinski definition) is 8. The minimum atomic E-state index is -0.466. The van der Waals surface area contributed by atoms with Crippen LogP contribution in [0.3, 0.4) is 0 Å². The number of nitrogens with one attached hydrogen (secondary N) is 2. The third-order valence-corrected chi connectivity index (χ3v) is 3.88. The Bertz CT molecular complexity index is 886. The standard InChI is InChI=1S/C17H16FN7S/c1-26-16-5-6-19-15(24-16)11-23-25-14-4-2-3-12(7-14)8-20-17-21-9-13(18)10-22-17/h2-7,9-11,25H,8H2,1H3,(H,20,21,22)/b23-11+. The van der Waals surface area contributed by atoms with Gasteiger partial charge in [-0.2, -0.15) is 5.10 Å². The minimum absolute atomic E-state index is 0.369. The highest BCUT2D eigenvalue weighted by molar-refractivity contribution is 7.98. The molecule has 26 heavy (non-hydrogen) atoms. The van der Waals surface area contributed by atoms with E-state index in [2.05, 4.69) is 35.8 Å². The predicted octanol–water partition coefficient (Wildman–Crippen LogP) is 3.19. The van der Waals surface area contributed by atoms with Gasteiger partial charge in [-0.1, -0.05) is 12.1 Å². The lowest BCUT2D eigenvalue weighted by molar-refractivity contribution is 0.614. The number of halogens is 1. The Kier molecular flexibility index (Phi) is 6.05. The van der Waals surface area contributed by atoms with Gasteiger partial charge in [0.25, 0.3) is 0 Å². The van der Waals surface area contributed by atoms with E-state index in [1.165, 1.54) is 0 Å². The molecule has 0 aliphatic rings. The van der Waals surface area contributed by atoms with E-state index in [1.807, 2.05) is 36.6 Å². The third-order valence-electron chi connectivity index (χ3n) is 3.23.